The van der Waals surface area contributed by atoms with Gasteiger partial charge in [-0.15, -0.1) is 0 Å². The van der Waals surface area contributed by atoms with Crippen molar-refractivity contribution in [3.63, 3.8) is 0 Å². The number of para-hydroxylation sites is 1. The molecule has 1 heterocycles. The van der Waals surface area contributed by atoms with Crippen LogP contribution in [-0.4, -0.2) is 33.9 Å². The Hall–Kier alpha value is -3.31. The molecule has 0 radical (unpaired) electrons. The predicted molar refractivity (Wildman–Crippen MR) is 111 cm³/mol. The number of methoxy groups -OCH3 is 1. The Kier molecular flexibility index (Phi) is 5.00. The Morgan fingerprint density at radius 2 is 1.82 bits per heavy atom. The predicted octanol–water partition coefficient (Wildman–Crippen LogP) is 4.37. The molecule has 5 nitrogen and oxygen atoms in total. The Balaban J connectivity index is 1.55. The molecule has 0 saturated heterocycles. The van der Waals surface area contributed by atoms with E-state index in [-0.39, 0.29) is 0 Å². The van der Waals surface area contributed by atoms with Gasteiger partial charge in [0.15, 0.2) is 0 Å². The third-order valence-corrected chi connectivity index (χ3v) is 4.85. The highest BCUT2D eigenvalue weighted by Crippen LogP contribution is 2.31. The summed E-state index contributed by atoms with van der Waals surface area (Å²) in [6, 6.07) is 19.7. The van der Waals surface area contributed by atoms with Gasteiger partial charge in [-0.3, -0.25) is 4.90 Å². The fourth-order valence-electron chi connectivity index (χ4n) is 3.44. The molecule has 142 valence electrons. The van der Waals surface area contributed by atoms with Crippen molar-refractivity contribution in [2.75, 3.05) is 14.2 Å². The Morgan fingerprint density at radius 3 is 2.61 bits per heavy atom. The van der Waals surface area contributed by atoms with Crippen LogP contribution < -0.4 is 4.74 Å². The van der Waals surface area contributed by atoms with Crippen LogP contribution in [-0.2, 0) is 13.1 Å². The zero-order chi connectivity index (χ0) is 19.5. The molecule has 4 aromatic rings. The van der Waals surface area contributed by atoms with Crippen molar-refractivity contribution in [2.24, 2.45) is 0 Å². The quantitative estimate of drug-likeness (QED) is 0.545. The molecule has 1 aromatic heterocycles. The lowest BCUT2D eigenvalue weighted by Gasteiger charge is -2.18. The highest BCUT2D eigenvalue weighted by atomic mass is 16.5. The molecule has 0 aliphatic heterocycles. The number of rotatable bonds is 6. The number of ether oxygens (including phenoxy) is 1. The summed E-state index contributed by atoms with van der Waals surface area (Å²) in [5.41, 5.74) is 3.05. The number of hydrogen-bond acceptors (Lipinski definition) is 4. The van der Waals surface area contributed by atoms with Crippen molar-refractivity contribution in [3.05, 3.63) is 84.2 Å². The molecule has 4 rings (SSSR count). The molecule has 0 unspecified atom stereocenters. The lowest BCUT2D eigenvalue weighted by molar-refractivity contribution is 0.314. The summed E-state index contributed by atoms with van der Waals surface area (Å²) in [6.07, 6.45) is 3.92. The van der Waals surface area contributed by atoms with E-state index in [1.54, 1.807) is 13.2 Å². The van der Waals surface area contributed by atoms with Crippen LogP contribution in [0.15, 0.2) is 73.1 Å². The molecule has 0 amide bonds. The van der Waals surface area contributed by atoms with E-state index >= 15 is 0 Å². The molecule has 0 fully saturated rings. The molecule has 0 aliphatic carbocycles. The van der Waals surface area contributed by atoms with E-state index in [2.05, 4.69) is 10.00 Å². The molecule has 0 bridgehead atoms. The minimum absolute atomic E-state index is 0.299. The van der Waals surface area contributed by atoms with Gasteiger partial charge in [-0.1, -0.05) is 30.3 Å². The first-order chi connectivity index (χ1) is 13.6. The van der Waals surface area contributed by atoms with Gasteiger partial charge in [0.2, 0.25) is 0 Å². The van der Waals surface area contributed by atoms with Crippen LogP contribution in [0.5, 0.6) is 11.5 Å². The van der Waals surface area contributed by atoms with Crippen LogP contribution in [0.1, 0.15) is 11.1 Å². The second-order valence-electron chi connectivity index (χ2n) is 6.95. The number of phenolic OH excluding ortho intramolecular Hbond substituents is 1. The molecule has 0 saturated carbocycles. The number of nitrogens with zero attached hydrogens (tertiary/aromatic N) is 3. The number of phenols is 1. The van der Waals surface area contributed by atoms with Crippen LogP contribution in [0.4, 0.5) is 0 Å². The third-order valence-electron chi connectivity index (χ3n) is 4.85. The van der Waals surface area contributed by atoms with Gasteiger partial charge in [0.25, 0.3) is 0 Å². The van der Waals surface area contributed by atoms with Gasteiger partial charge in [-0.25, -0.2) is 4.68 Å². The average molecular weight is 373 g/mol. The lowest BCUT2D eigenvalue weighted by atomic mass is 10.0. The minimum Gasteiger partial charge on any atom is -0.508 e. The van der Waals surface area contributed by atoms with E-state index < -0.39 is 0 Å². The van der Waals surface area contributed by atoms with Gasteiger partial charge in [0.1, 0.15) is 11.5 Å². The van der Waals surface area contributed by atoms with Crippen molar-refractivity contribution in [2.45, 2.75) is 13.1 Å². The zero-order valence-electron chi connectivity index (χ0n) is 16.0. The maximum absolute atomic E-state index is 10.5. The fraction of sp³-hybridized carbons (Fsp3) is 0.174. The molecule has 0 atom stereocenters. The van der Waals surface area contributed by atoms with Crippen molar-refractivity contribution in [3.8, 4) is 17.2 Å². The molecule has 5 heteroatoms. The van der Waals surface area contributed by atoms with Gasteiger partial charge >= 0.3 is 0 Å². The number of aromatic hydroxyl groups is 1. The minimum atomic E-state index is 0.299. The maximum atomic E-state index is 10.5. The first-order valence-electron chi connectivity index (χ1n) is 9.20. The van der Waals surface area contributed by atoms with Crippen LogP contribution in [0.2, 0.25) is 0 Å². The van der Waals surface area contributed by atoms with Gasteiger partial charge < -0.3 is 9.84 Å². The molecule has 0 aliphatic rings. The zero-order valence-corrected chi connectivity index (χ0v) is 16.0. The van der Waals surface area contributed by atoms with Crippen LogP contribution in [0.25, 0.3) is 16.5 Å². The number of aromatic nitrogens is 2. The summed E-state index contributed by atoms with van der Waals surface area (Å²) in [4.78, 5) is 2.17. The van der Waals surface area contributed by atoms with Crippen LogP contribution >= 0.6 is 0 Å². The third kappa shape index (κ3) is 3.70. The van der Waals surface area contributed by atoms with Crippen molar-refractivity contribution in [1.82, 2.24) is 14.7 Å². The first-order valence-corrected chi connectivity index (χ1v) is 9.20. The van der Waals surface area contributed by atoms with Crippen molar-refractivity contribution >= 4 is 10.8 Å². The standard InChI is InChI=1S/C23H23N3O2/c1-25(14-17-13-24-26(15-17)19-6-4-3-5-7-19)16-22-21-12-20(28-2)10-8-18(21)9-11-23(22)27/h3-13,15,27H,14,16H2,1-2H3. The molecular formula is C23H23N3O2. The summed E-state index contributed by atoms with van der Waals surface area (Å²) in [7, 11) is 3.69. The summed E-state index contributed by atoms with van der Waals surface area (Å²) in [6.45, 7) is 1.35. The highest BCUT2D eigenvalue weighted by Gasteiger charge is 2.12. The Morgan fingerprint density at radius 1 is 1.04 bits per heavy atom. The largest absolute Gasteiger partial charge is 0.508 e. The topological polar surface area (TPSA) is 50.5 Å². The van der Waals surface area contributed by atoms with Gasteiger partial charge in [-0.05, 0) is 48.2 Å². The molecule has 1 N–H and O–H groups in total. The molecule has 0 spiro atoms. The summed E-state index contributed by atoms with van der Waals surface area (Å²) in [5.74, 6) is 1.08. The van der Waals surface area contributed by atoms with Gasteiger partial charge in [0.05, 0.1) is 19.0 Å². The second kappa shape index (κ2) is 7.74. The Labute approximate surface area is 164 Å². The van der Waals surface area contributed by atoms with Crippen LogP contribution in [0.3, 0.4) is 0 Å². The number of benzene rings is 3. The molecular weight excluding hydrogens is 350 g/mol. The van der Waals surface area contributed by atoms with Crippen molar-refractivity contribution in [1.29, 1.82) is 0 Å². The maximum Gasteiger partial charge on any atom is 0.120 e. The summed E-state index contributed by atoms with van der Waals surface area (Å²) < 4.78 is 7.23. The van der Waals surface area contributed by atoms with E-state index in [0.29, 0.717) is 12.3 Å². The van der Waals surface area contributed by atoms with Gasteiger partial charge in [-0.2, -0.15) is 5.10 Å². The van der Waals surface area contributed by atoms with E-state index in [1.165, 1.54) is 0 Å². The Bertz CT molecular complexity index is 1090. The highest BCUT2D eigenvalue weighted by molar-refractivity contribution is 5.88. The fourth-order valence-corrected chi connectivity index (χ4v) is 3.44. The normalized spacial score (nSPS) is 11.2. The monoisotopic (exact) mass is 373 g/mol. The smallest absolute Gasteiger partial charge is 0.120 e. The number of fused-ring (bicyclic) bond motifs is 1. The average Bonchev–Trinajstić information content (AvgIpc) is 3.19. The lowest BCUT2D eigenvalue weighted by Crippen LogP contribution is -2.17. The first kappa shape index (κ1) is 18.1. The van der Waals surface area contributed by atoms with Crippen LogP contribution in [0, 0.1) is 0 Å². The van der Waals surface area contributed by atoms with E-state index in [0.717, 1.165) is 39.9 Å². The molecule has 3 aromatic carbocycles. The van der Waals surface area contributed by atoms with E-state index in [4.69, 9.17) is 4.74 Å². The molecule has 28 heavy (non-hydrogen) atoms. The second-order valence-corrected chi connectivity index (χ2v) is 6.95. The number of hydrogen-bond donors (Lipinski definition) is 1. The van der Waals surface area contributed by atoms with Crippen molar-refractivity contribution < 1.29 is 9.84 Å². The van der Waals surface area contributed by atoms with E-state index in [1.807, 2.05) is 78.7 Å². The summed E-state index contributed by atoms with van der Waals surface area (Å²) in [5, 5.41) is 17.0. The SMILES string of the molecule is COc1ccc2ccc(O)c(CN(C)Cc3cnn(-c4ccccc4)c3)c2c1. The van der Waals surface area contributed by atoms with E-state index in [9.17, 15) is 5.11 Å². The van der Waals surface area contributed by atoms with Gasteiger partial charge in [0, 0.05) is 30.4 Å². The summed E-state index contributed by atoms with van der Waals surface area (Å²) >= 11 is 0.